The van der Waals surface area contributed by atoms with E-state index in [2.05, 4.69) is 29.3 Å². The molecule has 0 spiro atoms. The van der Waals surface area contributed by atoms with Gasteiger partial charge in [-0.25, -0.2) is 8.42 Å². The summed E-state index contributed by atoms with van der Waals surface area (Å²) in [5.74, 6) is 0. The molecule has 0 heterocycles. The van der Waals surface area contributed by atoms with Crippen molar-refractivity contribution in [3.8, 4) is 0 Å². The van der Waals surface area contributed by atoms with Gasteiger partial charge in [0.2, 0.25) is 10.4 Å². The summed E-state index contributed by atoms with van der Waals surface area (Å²) in [4.78, 5) is 0. The third-order valence-electron chi connectivity index (χ3n) is 1.79. The van der Waals surface area contributed by atoms with Crippen molar-refractivity contribution in [1.29, 1.82) is 0 Å². The van der Waals surface area contributed by atoms with Crippen molar-refractivity contribution >= 4 is 10.4 Å². The summed E-state index contributed by atoms with van der Waals surface area (Å²) in [6.07, 6.45) is 15.2. The molecule has 98 valence electrons. The Kier molecular flexibility index (Phi) is 9.71. The van der Waals surface area contributed by atoms with Gasteiger partial charge < -0.3 is 4.55 Å². The van der Waals surface area contributed by atoms with Crippen LogP contribution >= 0.6 is 0 Å². The molecule has 0 aromatic rings. The normalized spacial score (nSPS) is 13.3. The third kappa shape index (κ3) is 15.1. The van der Waals surface area contributed by atoms with Crippen molar-refractivity contribution < 1.29 is 17.2 Å². The van der Waals surface area contributed by atoms with Crippen LogP contribution in [0.4, 0.5) is 0 Å². The Morgan fingerprint density at radius 2 is 1.53 bits per heavy atom. The van der Waals surface area contributed by atoms with Crippen molar-refractivity contribution in [2.75, 3.05) is 6.61 Å². The summed E-state index contributed by atoms with van der Waals surface area (Å²) in [5, 5.41) is 0. The Bertz CT molecular complexity index is 353. The van der Waals surface area contributed by atoms with Gasteiger partial charge in [-0.1, -0.05) is 43.4 Å². The summed E-state index contributed by atoms with van der Waals surface area (Å²) in [6.45, 7) is 2.00. The smallest absolute Gasteiger partial charge is 0.217 e. The molecule has 5 heteroatoms. The van der Waals surface area contributed by atoms with Gasteiger partial charge in [0, 0.05) is 0 Å². The predicted molar refractivity (Wildman–Crippen MR) is 67.2 cm³/mol. The zero-order chi connectivity index (χ0) is 13.0. The van der Waals surface area contributed by atoms with Crippen LogP contribution in [-0.4, -0.2) is 19.6 Å². The molecule has 0 bridgehead atoms. The van der Waals surface area contributed by atoms with Crippen molar-refractivity contribution in [3.63, 3.8) is 0 Å². The molecule has 0 saturated carbocycles. The Morgan fingerprint density at radius 1 is 1.00 bits per heavy atom. The summed E-state index contributed by atoms with van der Waals surface area (Å²) < 4.78 is 34.3. The van der Waals surface area contributed by atoms with E-state index in [0.717, 1.165) is 19.3 Å². The van der Waals surface area contributed by atoms with Crippen LogP contribution < -0.4 is 0 Å². The van der Waals surface area contributed by atoms with Gasteiger partial charge in [0.25, 0.3) is 0 Å². The Morgan fingerprint density at radius 3 is 2.06 bits per heavy atom. The lowest BCUT2D eigenvalue weighted by Gasteiger charge is -2.04. The van der Waals surface area contributed by atoms with Crippen molar-refractivity contribution in [2.24, 2.45) is 0 Å². The van der Waals surface area contributed by atoms with Gasteiger partial charge in [-0.3, -0.25) is 4.18 Å². The maximum atomic E-state index is 10.1. The second-order valence-corrected chi connectivity index (χ2v) is 4.36. The number of hydrogen-bond donors (Lipinski definition) is 0. The molecular formula is C12H19O4S-. The van der Waals surface area contributed by atoms with Crippen LogP contribution in [0.15, 0.2) is 36.5 Å². The summed E-state index contributed by atoms with van der Waals surface area (Å²) in [7, 11) is -4.54. The molecule has 0 aromatic heterocycles. The molecule has 0 aliphatic rings. The maximum absolute atomic E-state index is 10.1. The van der Waals surface area contributed by atoms with E-state index in [1.165, 1.54) is 0 Å². The summed E-state index contributed by atoms with van der Waals surface area (Å²) >= 11 is 0. The molecule has 0 aliphatic carbocycles. The van der Waals surface area contributed by atoms with Crippen LogP contribution in [0.25, 0.3) is 0 Å². The Hall–Kier alpha value is -0.910. The highest BCUT2D eigenvalue weighted by molar-refractivity contribution is 7.80. The lowest BCUT2D eigenvalue weighted by atomic mass is 10.2. The van der Waals surface area contributed by atoms with E-state index in [0.29, 0.717) is 6.42 Å². The van der Waals surface area contributed by atoms with Gasteiger partial charge in [-0.2, -0.15) is 0 Å². The number of hydrogen-bond acceptors (Lipinski definition) is 4. The van der Waals surface area contributed by atoms with Crippen molar-refractivity contribution in [3.05, 3.63) is 36.5 Å². The number of rotatable bonds is 9. The molecule has 0 amide bonds. The Labute approximate surface area is 104 Å². The highest BCUT2D eigenvalue weighted by atomic mass is 32.3. The zero-order valence-corrected chi connectivity index (χ0v) is 10.9. The minimum absolute atomic E-state index is 0.0920. The first-order chi connectivity index (χ1) is 8.06. The number of allylic oxidation sites excluding steroid dienone is 5. The predicted octanol–water partition coefficient (Wildman–Crippen LogP) is 2.71. The monoisotopic (exact) mass is 259 g/mol. The fourth-order valence-electron chi connectivity index (χ4n) is 1.04. The van der Waals surface area contributed by atoms with E-state index in [9.17, 15) is 13.0 Å². The molecule has 0 radical (unpaired) electrons. The summed E-state index contributed by atoms with van der Waals surface area (Å²) in [5.41, 5.74) is 0. The zero-order valence-electron chi connectivity index (χ0n) is 10.0. The van der Waals surface area contributed by atoms with Gasteiger partial charge in [0.05, 0.1) is 6.61 Å². The highest BCUT2D eigenvalue weighted by Gasteiger charge is 1.90. The largest absolute Gasteiger partial charge is 0.726 e. The minimum Gasteiger partial charge on any atom is -0.726 e. The van der Waals surface area contributed by atoms with E-state index >= 15 is 0 Å². The Balaban J connectivity index is 3.46. The van der Waals surface area contributed by atoms with Crippen molar-refractivity contribution in [1.82, 2.24) is 0 Å². The average Bonchev–Trinajstić information content (AvgIpc) is 2.24. The van der Waals surface area contributed by atoms with Crippen LogP contribution in [0.3, 0.4) is 0 Å². The third-order valence-corrected chi connectivity index (χ3v) is 2.25. The standard InChI is InChI=1S/C12H20O4S/c1-2-3-4-5-6-7-8-9-10-11-12-16-17(13,14)15/h3-4,6-7,9-10H,2,5,8,11-12H2,1H3,(H,13,14,15)/p-1/b4-3-,7-6-,10-9-. The second-order valence-electron chi connectivity index (χ2n) is 3.31. The quantitative estimate of drug-likeness (QED) is 0.276. The maximum Gasteiger partial charge on any atom is 0.217 e. The molecule has 0 saturated heterocycles. The molecule has 0 fully saturated rings. The topological polar surface area (TPSA) is 66.4 Å². The fourth-order valence-corrected chi connectivity index (χ4v) is 1.35. The molecule has 17 heavy (non-hydrogen) atoms. The van der Waals surface area contributed by atoms with Gasteiger partial charge in [-0.05, 0) is 25.7 Å². The second kappa shape index (κ2) is 10.3. The molecule has 4 nitrogen and oxygen atoms in total. The first-order valence-electron chi connectivity index (χ1n) is 5.61. The van der Waals surface area contributed by atoms with Crippen molar-refractivity contribution in [2.45, 2.75) is 32.6 Å². The van der Waals surface area contributed by atoms with Crippen LogP contribution in [0.1, 0.15) is 32.6 Å². The van der Waals surface area contributed by atoms with E-state index in [-0.39, 0.29) is 6.61 Å². The van der Waals surface area contributed by atoms with Gasteiger partial charge in [-0.15, -0.1) is 0 Å². The highest BCUT2D eigenvalue weighted by Crippen LogP contribution is 1.95. The van der Waals surface area contributed by atoms with E-state index in [4.69, 9.17) is 0 Å². The lowest BCUT2D eigenvalue weighted by Crippen LogP contribution is -2.04. The fraction of sp³-hybridized carbons (Fsp3) is 0.500. The van der Waals surface area contributed by atoms with Crippen LogP contribution in [0.2, 0.25) is 0 Å². The van der Waals surface area contributed by atoms with Crippen LogP contribution in [0.5, 0.6) is 0 Å². The molecule has 0 aromatic carbocycles. The SMILES string of the molecule is CC/C=C\C/C=C\C/C=C\CCOS(=O)(=O)[O-]. The molecule has 0 N–H and O–H groups in total. The van der Waals surface area contributed by atoms with E-state index in [1.54, 1.807) is 6.08 Å². The van der Waals surface area contributed by atoms with Gasteiger partial charge in [0.1, 0.15) is 0 Å². The van der Waals surface area contributed by atoms with Gasteiger partial charge in [0.15, 0.2) is 0 Å². The molecule has 0 rings (SSSR count). The molecule has 0 atom stereocenters. The first-order valence-corrected chi connectivity index (χ1v) is 6.95. The van der Waals surface area contributed by atoms with Crippen LogP contribution in [0, 0.1) is 0 Å². The van der Waals surface area contributed by atoms with Crippen LogP contribution in [-0.2, 0) is 14.6 Å². The van der Waals surface area contributed by atoms with Gasteiger partial charge >= 0.3 is 0 Å². The first kappa shape index (κ1) is 16.1. The lowest BCUT2D eigenvalue weighted by molar-refractivity contribution is 0.266. The molecule has 0 aliphatic heterocycles. The minimum atomic E-state index is -4.54. The van der Waals surface area contributed by atoms with E-state index in [1.807, 2.05) is 12.2 Å². The van der Waals surface area contributed by atoms with E-state index < -0.39 is 10.4 Å². The summed E-state index contributed by atoms with van der Waals surface area (Å²) in [6, 6.07) is 0. The molecular weight excluding hydrogens is 240 g/mol. The molecule has 0 unspecified atom stereocenters. The average molecular weight is 259 g/mol.